The van der Waals surface area contributed by atoms with E-state index in [1.807, 2.05) is 6.79 Å². The fraction of sp³-hybridized carbons (Fsp3) is 0.917. The van der Waals surface area contributed by atoms with Crippen molar-refractivity contribution >= 4 is 6.79 Å². The number of hydrogen-bond acceptors (Lipinski definition) is 4. The van der Waals surface area contributed by atoms with Crippen LogP contribution in [0.3, 0.4) is 0 Å². The number of nitrogens with two attached hydrogens (primary N) is 1. The highest BCUT2D eigenvalue weighted by Gasteiger charge is 2.43. The number of carbonyl (C=O) groups excluding carboxylic acids is 1. The van der Waals surface area contributed by atoms with Gasteiger partial charge in [-0.1, -0.05) is 0 Å². The predicted molar refractivity (Wildman–Crippen MR) is 68.3 cm³/mol. The van der Waals surface area contributed by atoms with E-state index in [0.29, 0.717) is 12.8 Å². The van der Waals surface area contributed by atoms with Gasteiger partial charge in [0.05, 0.1) is 12.8 Å². The van der Waals surface area contributed by atoms with Crippen molar-refractivity contribution in [2.75, 3.05) is 13.8 Å². The normalized spacial score (nSPS) is 24.6. The second kappa shape index (κ2) is 5.75. The van der Waals surface area contributed by atoms with E-state index in [2.05, 4.69) is 39.6 Å². The van der Waals surface area contributed by atoms with Crippen LogP contribution in [-0.2, 0) is 9.53 Å². The van der Waals surface area contributed by atoms with Crippen LogP contribution in [0, 0.1) is 0 Å². The molecule has 0 unspecified atom stereocenters. The smallest absolute Gasteiger partial charge is 0.106 e. The van der Waals surface area contributed by atoms with Crippen molar-refractivity contribution < 1.29 is 11.0 Å². The molecular weight excluding hydrogens is 204 g/mol. The first-order chi connectivity index (χ1) is 7.29. The summed E-state index contributed by atoms with van der Waals surface area (Å²) in [7, 11) is 2.19. The highest BCUT2D eigenvalue weighted by atomic mass is 16.5. The minimum atomic E-state index is 0. The van der Waals surface area contributed by atoms with Crippen LogP contribution >= 0.6 is 0 Å². The van der Waals surface area contributed by atoms with Gasteiger partial charge in [-0.3, -0.25) is 4.90 Å². The van der Waals surface area contributed by atoms with Crippen molar-refractivity contribution in [3.63, 3.8) is 0 Å². The SMILES string of the molecule is C=O.CN1C(C)(C)CC(OCN)CC1(C)C.[HH]. The summed E-state index contributed by atoms with van der Waals surface area (Å²) in [5.74, 6) is 0. The first-order valence-corrected chi connectivity index (χ1v) is 5.64. The van der Waals surface area contributed by atoms with Crippen LogP contribution in [0.25, 0.3) is 0 Å². The highest BCUT2D eigenvalue weighted by Crippen LogP contribution is 2.37. The Kier molecular flexibility index (Phi) is 5.59. The molecule has 4 nitrogen and oxygen atoms in total. The minimum absolute atomic E-state index is 0. The Morgan fingerprint density at radius 3 is 2.00 bits per heavy atom. The molecule has 1 aliphatic rings. The zero-order chi connectivity index (χ0) is 13.0. The molecule has 1 heterocycles. The third-order valence-electron chi connectivity index (χ3n) is 3.60. The van der Waals surface area contributed by atoms with E-state index in [4.69, 9.17) is 15.3 Å². The highest BCUT2D eigenvalue weighted by molar-refractivity contribution is 5.11. The predicted octanol–water partition coefficient (Wildman–Crippen LogP) is 1.63. The van der Waals surface area contributed by atoms with Gasteiger partial charge in [-0.15, -0.1) is 0 Å². The first-order valence-electron chi connectivity index (χ1n) is 5.64. The molecule has 98 valence electrons. The van der Waals surface area contributed by atoms with Crippen LogP contribution in [0.2, 0.25) is 0 Å². The van der Waals surface area contributed by atoms with Gasteiger partial charge in [-0.05, 0) is 47.6 Å². The molecule has 0 aliphatic carbocycles. The molecule has 0 amide bonds. The molecule has 0 atom stereocenters. The van der Waals surface area contributed by atoms with E-state index in [9.17, 15) is 0 Å². The lowest BCUT2D eigenvalue weighted by Crippen LogP contribution is -2.60. The summed E-state index contributed by atoms with van der Waals surface area (Å²) >= 11 is 0. The molecule has 0 radical (unpaired) electrons. The van der Waals surface area contributed by atoms with Crippen LogP contribution in [0.1, 0.15) is 42.0 Å². The summed E-state index contributed by atoms with van der Waals surface area (Å²) in [5, 5.41) is 0. The molecule has 0 aromatic rings. The molecule has 16 heavy (non-hydrogen) atoms. The Morgan fingerprint density at radius 1 is 1.31 bits per heavy atom. The van der Waals surface area contributed by atoms with Crippen molar-refractivity contribution in [1.29, 1.82) is 0 Å². The molecule has 0 spiro atoms. The third kappa shape index (κ3) is 3.54. The van der Waals surface area contributed by atoms with Gasteiger partial charge in [0.15, 0.2) is 0 Å². The number of nitrogens with zero attached hydrogens (tertiary/aromatic N) is 1. The van der Waals surface area contributed by atoms with E-state index in [1.54, 1.807) is 0 Å². The van der Waals surface area contributed by atoms with Crippen LogP contribution in [-0.4, -0.2) is 42.6 Å². The molecule has 1 rings (SSSR count). The fourth-order valence-corrected chi connectivity index (χ4v) is 2.53. The van der Waals surface area contributed by atoms with Crippen LogP contribution in [0.4, 0.5) is 0 Å². The Hall–Kier alpha value is -0.450. The van der Waals surface area contributed by atoms with E-state index >= 15 is 0 Å². The summed E-state index contributed by atoms with van der Waals surface area (Å²) in [6.45, 7) is 11.4. The summed E-state index contributed by atoms with van der Waals surface area (Å²) in [6, 6.07) is 0. The summed E-state index contributed by atoms with van der Waals surface area (Å²) in [4.78, 5) is 10.4. The molecule has 1 fully saturated rings. The maximum Gasteiger partial charge on any atom is 0.106 e. The molecular formula is C12H28N2O2. The average Bonchev–Trinajstić information content (AvgIpc) is 2.17. The Balaban J connectivity index is 0. The van der Waals surface area contributed by atoms with Crippen molar-refractivity contribution in [3.8, 4) is 0 Å². The maximum atomic E-state index is 8.00. The Bertz CT molecular complexity index is 205. The lowest BCUT2D eigenvalue weighted by atomic mass is 9.79. The van der Waals surface area contributed by atoms with Gasteiger partial charge in [0.1, 0.15) is 6.79 Å². The van der Waals surface area contributed by atoms with E-state index in [0.717, 1.165) is 12.8 Å². The van der Waals surface area contributed by atoms with E-state index in [-0.39, 0.29) is 12.5 Å². The molecule has 2 N–H and O–H groups in total. The first kappa shape index (κ1) is 15.6. The standard InChI is InChI=1S/C11H24N2O.CH2O.H2/c1-10(2)6-9(14-8-12)7-11(3,4)13(10)5;1-2;/h9H,6-8,12H2,1-5H3;1H2;1H. The van der Waals surface area contributed by atoms with Gasteiger partial charge in [-0.2, -0.15) is 0 Å². The van der Waals surface area contributed by atoms with Gasteiger partial charge in [-0.25, -0.2) is 0 Å². The monoisotopic (exact) mass is 232 g/mol. The number of rotatable bonds is 2. The second-order valence-corrected chi connectivity index (χ2v) is 5.55. The summed E-state index contributed by atoms with van der Waals surface area (Å²) in [6.07, 6.45) is 2.43. The van der Waals surface area contributed by atoms with E-state index < -0.39 is 0 Å². The van der Waals surface area contributed by atoms with Crippen molar-refractivity contribution in [1.82, 2.24) is 4.90 Å². The lowest BCUT2D eigenvalue weighted by molar-refractivity contribution is -0.0980. The lowest BCUT2D eigenvalue weighted by Gasteiger charge is -2.53. The zero-order valence-electron chi connectivity index (χ0n) is 11.2. The Morgan fingerprint density at radius 2 is 1.69 bits per heavy atom. The van der Waals surface area contributed by atoms with Gasteiger partial charge in [0.2, 0.25) is 0 Å². The molecule has 1 aliphatic heterocycles. The molecule has 0 bridgehead atoms. The molecule has 0 aromatic carbocycles. The molecule has 1 saturated heterocycles. The number of likely N-dealkylation sites (tertiary alicyclic amines) is 1. The second-order valence-electron chi connectivity index (χ2n) is 5.55. The van der Waals surface area contributed by atoms with Crippen molar-refractivity contribution in [2.24, 2.45) is 5.73 Å². The minimum Gasteiger partial charge on any atom is -0.363 e. The topological polar surface area (TPSA) is 55.6 Å². The largest absolute Gasteiger partial charge is 0.363 e. The quantitative estimate of drug-likeness (QED) is 0.735. The number of hydrogen-bond donors (Lipinski definition) is 1. The number of ether oxygens (including phenoxy) is 1. The molecule has 0 aromatic heterocycles. The van der Waals surface area contributed by atoms with Crippen LogP contribution in [0.15, 0.2) is 0 Å². The van der Waals surface area contributed by atoms with Gasteiger partial charge >= 0.3 is 0 Å². The maximum absolute atomic E-state index is 8.00. The Labute approximate surface area is 101 Å². The summed E-state index contributed by atoms with van der Waals surface area (Å²) < 4.78 is 5.55. The van der Waals surface area contributed by atoms with Crippen LogP contribution < -0.4 is 5.73 Å². The van der Waals surface area contributed by atoms with Gasteiger partial charge < -0.3 is 15.3 Å². The zero-order valence-corrected chi connectivity index (χ0v) is 11.2. The summed E-state index contributed by atoms with van der Waals surface area (Å²) in [5.41, 5.74) is 5.83. The average molecular weight is 232 g/mol. The molecule has 0 saturated carbocycles. The van der Waals surface area contributed by atoms with Gasteiger partial charge in [0, 0.05) is 12.5 Å². The molecule has 4 heteroatoms. The van der Waals surface area contributed by atoms with E-state index in [1.165, 1.54) is 0 Å². The fourth-order valence-electron chi connectivity index (χ4n) is 2.53. The van der Waals surface area contributed by atoms with Crippen molar-refractivity contribution in [3.05, 3.63) is 0 Å². The third-order valence-corrected chi connectivity index (χ3v) is 3.60. The van der Waals surface area contributed by atoms with Crippen LogP contribution in [0.5, 0.6) is 0 Å². The van der Waals surface area contributed by atoms with Gasteiger partial charge in [0.25, 0.3) is 0 Å². The number of piperidine rings is 1. The number of carbonyl (C=O) groups is 1. The van der Waals surface area contributed by atoms with Crippen molar-refractivity contribution in [2.45, 2.75) is 57.7 Å².